The summed E-state index contributed by atoms with van der Waals surface area (Å²) in [6.07, 6.45) is 10.5. The lowest BCUT2D eigenvalue weighted by atomic mass is 9.69. The fourth-order valence-electron chi connectivity index (χ4n) is 4.30. The lowest BCUT2D eigenvalue weighted by Crippen LogP contribution is -2.52. The van der Waals surface area contributed by atoms with E-state index in [0.717, 1.165) is 37.5 Å². The third-order valence-corrected chi connectivity index (χ3v) is 6.34. The van der Waals surface area contributed by atoms with Crippen LogP contribution in [0.4, 0.5) is 0 Å². The SMILES string of the molecule is CCC1CCC(N(C)C(=O)C2(CN)CCC(C)CC2)CC1. The second-order valence-corrected chi connectivity index (χ2v) is 7.67. The van der Waals surface area contributed by atoms with Crippen molar-refractivity contribution in [1.29, 1.82) is 0 Å². The Bertz CT molecular complexity index is 339. The molecular formula is C18H34N2O. The molecule has 0 saturated heterocycles. The van der Waals surface area contributed by atoms with Gasteiger partial charge in [-0.3, -0.25) is 4.79 Å². The van der Waals surface area contributed by atoms with Crippen molar-refractivity contribution in [1.82, 2.24) is 4.90 Å². The van der Waals surface area contributed by atoms with Crippen LogP contribution in [0.3, 0.4) is 0 Å². The number of nitrogens with two attached hydrogens (primary N) is 1. The van der Waals surface area contributed by atoms with Gasteiger partial charge in [-0.25, -0.2) is 0 Å². The number of carbonyl (C=O) groups is 1. The fourth-order valence-corrected chi connectivity index (χ4v) is 4.30. The van der Waals surface area contributed by atoms with Gasteiger partial charge in [-0.1, -0.05) is 20.3 Å². The molecule has 122 valence electrons. The normalized spacial score (nSPS) is 37.2. The lowest BCUT2D eigenvalue weighted by molar-refractivity contribution is -0.145. The van der Waals surface area contributed by atoms with Gasteiger partial charge in [0.15, 0.2) is 0 Å². The van der Waals surface area contributed by atoms with Gasteiger partial charge in [-0.15, -0.1) is 0 Å². The van der Waals surface area contributed by atoms with E-state index in [2.05, 4.69) is 18.7 Å². The van der Waals surface area contributed by atoms with Gasteiger partial charge < -0.3 is 10.6 Å². The van der Waals surface area contributed by atoms with Crippen LogP contribution in [0, 0.1) is 17.3 Å². The van der Waals surface area contributed by atoms with Gasteiger partial charge in [0.25, 0.3) is 0 Å². The Morgan fingerprint density at radius 2 is 1.71 bits per heavy atom. The van der Waals surface area contributed by atoms with Gasteiger partial charge in [0.2, 0.25) is 5.91 Å². The minimum Gasteiger partial charge on any atom is -0.342 e. The molecule has 2 aliphatic carbocycles. The van der Waals surface area contributed by atoms with E-state index in [1.54, 1.807) is 0 Å². The quantitative estimate of drug-likeness (QED) is 0.861. The molecular weight excluding hydrogens is 260 g/mol. The minimum atomic E-state index is -0.261. The second kappa shape index (κ2) is 7.13. The number of rotatable bonds is 4. The number of hydrogen-bond donors (Lipinski definition) is 1. The van der Waals surface area contributed by atoms with E-state index in [-0.39, 0.29) is 5.41 Å². The first-order chi connectivity index (χ1) is 10.0. The topological polar surface area (TPSA) is 46.3 Å². The molecule has 21 heavy (non-hydrogen) atoms. The van der Waals surface area contributed by atoms with Crippen molar-refractivity contribution in [3.8, 4) is 0 Å². The Balaban J connectivity index is 1.97. The van der Waals surface area contributed by atoms with Crippen LogP contribution in [0.1, 0.15) is 71.6 Å². The largest absolute Gasteiger partial charge is 0.342 e. The van der Waals surface area contributed by atoms with Crippen molar-refractivity contribution in [3.63, 3.8) is 0 Å². The van der Waals surface area contributed by atoms with E-state index < -0.39 is 0 Å². The fraction of sp³-hybridized carbons (Fsp3) is 0.944. The molecule has 0 heterocycles. The highest BCUT2D eigenvalue weighted by atomic mass is 16.2. The zero-order chi connectivity index (χ0) is 15.5. The molecule has 3 heteroatoms. The summed E-state index contributed by atoms with van der Waals surface area (Å²) in [6.45, 7) is 5.10. The van der Waals surface area contributed by atoms with E-state index in [4.69, 9.17) is 5.73 Å². The van der Waals surface area contributed by atoms with E-state index in [1.807, 2.05) is 7.05 Å². The van der Waals surface area contributed by atoms with E-state index >= 15 is 0 Å². The summed E-state index contributed by atoms with van der Waals surface area (Å²) in [7, 11) is 2.02. The number of amides is 1. The Morgan fingerprint density at radius 3 is 2.19 bits per heavy atom. The average molecular weight is 294 g/mol. The molecule has 0 radical (unpaired) electrons. The molecule has 0 aromatic rings. The van der Waals surface area contributed by atoms with Gasteiger partial charge in [0.1, 0.15) is 0 Å². The van der Waals surface area contributed by atoms with Crippen LogP contribution in [-0.4, -0.2) is 30.4 Å². The van der Waals surface area contributed by atoms with Gasteiger partial charge in [0, 0.05) is 19.6 Å². The molecule has 2 fully saturated rings. The molecule has 0 aliphatic heterocycles. The summed E-state index contributed by atoms with van der Waals surface area (Å²) in [5.41, 5.74) is 5.79. The molecule has 1 amide bonds. The molecule has 2 aliphatic rings. The van der Waals surface area contributed by atoms with E-state index in [1.165, 1.54) is 32.1 Å². The van der Waals surface area contributed by atoms with Crippen molar-refractivity contribution in [2.24, 2.45) is 23.0 Å². The molecule has 0 bridgehead atoms. The van der Waals surface area contributed by atoms with Crippen LogP contribution in [0.15, 0.2) is 0 Å². The molecule has 0 aromatic heterocycles. The van der Waals surface area contributed by atoms with Crippen molar-refractivity contribution in [3.05, 3.63) is 0 Å². The molecule has 0 aromatic carbocycles. The maximum atomic E-state index is 13.1. The molecule has 3 nitrogen and oxygen atoms in total. The molecule has 2 N–H and O–H groups in total. The van der Waals surface area contributed by atoms with Gasteiger partial charge in [-0.05, 0) is 63.2 Å². The lowest BCUT2D eigenvalue weighted by Gasteiger charge is -2.43. The molecule has 2 saturated carbocycles. The van der Waals surface area contributed by atoms with Gasteiger partial charge in [0.05, 0.1) is 5.41 Å². The average Bonchev–Trinajstić information content (AvgIpc) is 2.54. The number of hydrogen-bond acceptors (Lipinski definition) is 2. The highest BCUT2D eigenvalue weighted by Gasteiger charge is 2.43. The Labute approximate surface area is 130 Å². The highest BCUT2D eigenvalue weighted by Crippen LogP contribution is 2.40. The van der Waals surface area contributed by atoms with Crippen LogP contribution in [0.2, 0.25) is 0 Å². The minimum absolute atomic E-state index is 0.261. The van der Waals surface area contributed by atoms with Crippen LogP contribution < -0.4 is 5.73 Å². The predicted molar refractivity (Wildman–Crippen MR) is 87.9 cm³/mol. The van der Waals surface area contributed by atoms with Gasteiger partial charge >= 0.3 is 0 Å². The number of carbonyl (C=O) groups excluding carboxylic acids is 1. The van der Waals surface area contributed by atoms with Crippen LogP contribution >= 0.6 is 0 Å². The zero-order valence-corrected chi connectivity index (χ0v) is 14.2. The first-order valence-corrected chi connectivity index (χ1v) is 8.99. The van der Waals surface area contributed by atoms with Gasteiger partial charge in [-0.2, -0.15) is 0 Å². The van der Waals surface area contributed by atoms with E-state index in [9.17, 15) is 4.79 Å². The first-order valence-electron chi connectivity index (χ1n) is 8.99. The monoisotopic (exact) mass is 294 g/mol. The van der Waals surface area contributed by atoms with E-state index in [0.29, 0.717) is 18.5 Å². The summed E-state index contributed by atoms with van der Waals surface area (Å²) in [4.78, 5) is 15.1. The van der Waals surface area contributed by atoms with Crippen molar-refractivity contribution < 1.29 is 4.79 Å². The van der Waals surface area contributed by atoms with Crippen LogP contribution in [0.5, 0.6) is 0 Å². The third-order valence-electron chi connectivity index (χ3n) is 6.34. The molecule has 2 rings (SSSR count). The Morgan fingerprint density at radius 1 is 1.14 bits per heavy atom. The van der Waals surface area contributed by atoms with Crippen LogP contribution in [0.25, 0.3) is 0 Å². The summed E-state index contributed by atoms with van der Waals surface area (Å²) in [5, 5.41) is 0. The predicted octanol–water partition coefficient (Wildman–Crippen LogP) is 3.57. The Hall–Kier alpha value is -0.570. The molecule has 0 spiro atoms. The standard InChI is InChI=1S/C18H34N2O/c1-4-15-5-7-16(8-6-15)20(3)17(21)18(13-19)11-9-14(2)10-12-18/h14-16H,4-13,19H2,1-3H3. The smallest absolute Gasteiger partial charge is 0.230 e. The third kappa shape index (κ3) is 3.61. The van der Waals surface area contributed by atoms with Crippen molar-refractivity contribution in [2.45, 2.75) is 77.7 Å². The molecule has 0 atom stereocenters. The van der Waals surface area contributed by atoms with Crippen LogP contribution in [-0.2, 0) is 4.79 Å². The zero-order valence-electron chi connectivity index (χ0n) is 14.2. The molecule has 0 unspecified atom stereocenters. The Kier molecular flexibility index (Phi) is 5.70. The second-order valence-electron chi connectivity index (χ2n) is 7.67. The van der Waals surface area contributed by atoms with Crippen molar-refractivity contribution >= 4 is 5.91 Å². The summed E-state index contributed by atoms with van der Waals surface area (Å²) in [5.74, 6) is 1.96. The highest BCUT2D eigenvalue weighted by molar-refractivity contribution is 5.83. The maximum absolute atomic E-state index is 13.1. The summed E-state index contributed by atoms with van der Waals surface area (Å²) < 4.78 is 0. The summed E-state index contributed by atoms with van der Waals surface area (Å²) >= 11 is 0. The maximum Gasteiger partial charge on any atom is 0.230 e. The van der Waals surface area contributed by atoms with Crippen molar-refractivity contribution in [2.75, 3.05) is 13.6 Å². The summed E-state index contributed by atoms with van der Waals surface area (Å²) in [6, 6.07) is 0.447. The first kappa shape index (κ1) is 16.8. The number of nitrogens with zero attached hydrogens (tertiary/aromatic N) is 1.